The molecule has 0 amide bonds. The molecule has 1 atom stereocenters. The smallest absolute Gasteiger partial charge is 0.298 e. The summed E-state index contributed by atoms with van der Waals surface area (Å²) in [5, 5.41) is 11.5. The van der Waals surface area contributed by atoms with Gasteiger partial charge in [0.2, 0.25) is 0 Å². The molecule has 1 aliphatic rings. The molecule has 3 aromatic carbocycles. The van der Waals surface area contributed by atoms with Crippen molar-refractivity contribution in [2.45, 2.75) is 24.5 Å². The molecule has 1 aromatic heterocycles. The van der Waals surface area contributed by atoms with Gasteiger partial charge in [-0.05, 0) is 41.7 Å². The Bertz CT molecular complexity index is 1240. The van der Waals surface area contributed by atoms with E-state index in [0.717, 1.165) is 29.5 Å². The largest absolute Gasteiger partial charge is 0.487 e. The maximum absolute atomic E-state index is 11.5. The van der Waals surface area contributed by atoms with Crippen LogP contribution in [0.4, 0.5) is 5.69 Å². The summed E-state index contributed by atoms with van der Waals surface area (Å²) in [5.41, 5.74) is 2.55. The van der Waals surface area contributed by atoms with Gasteiger partial charge in [-0.15, -0.1) is 0 Å². The molecule has 0 aliphatic carbocycles. The van der Waals surface area contributed by atoms with Crippen LogP contribution in [-0.4, -0.2) is 22.6 Å². The SMILES string of the molecule is O=[N+]([O-])c1cnccc1C1=CCC[C@H](COC(c2ccccc2)(c2ccccc2)c2ccccc2)O1. The van der Waals surface area contributed by atoms with Gasteiger partial charge in [0.15, 0.2) is 0 Å². The van der Waals surface area contributed by atoms with Gasteiger partial charge in [0.25, 0.3) is 5.69 Å². The van der Waals surface area contributed by atoms with E-state index in [4.69, 9.17) is 9.47 Å². The van der Waals surface area contributed by atoms with Crippen molar-refractivity contribution in [2.24, 2.45) is 0 Å². The maximum atomic E-state index is 11.5. The lowest BCUT2D eigenvalue weighted by molar-refractivity contribution is -0.385. The van der Waals surface area contributed by atoms with Crippen LogP contribution in [0.1, 0.15) is 35.1 Å². The Morgan fingerprint density at radius 3 is 1.97 bits per heavy atom. The molecule has 0 N–H and O–H groups in total. The summed E-state index contributed by atoms with van der Waals surface area (Å²) in [4.78, 5) is 15.0. The monoisotopic (exact) mass is 478 g/mol. The lowest BCUT2D eigenvalue weighted by Crippen LogP contribution is -2.36. The van der Waals surface area contributed by atoms with Crippen molar-refractivity contribution in [3.05, 3.63) is 148 Å². The molecule has 6 nitrogen and oxygen atoms in total. The molecular weight excluding hydrogens is 452 g/mol. The molecule has 180 valence electrons. The van der Waals surface area contributed by atoms with Crippen LogP contribution in [0.25, 0.3) is 5.76 Å². The quantitative estimate of drug-likeness (QED) is 0.164. The lowest BCUT2D eigenvalue weighted by Gasteiger charge is -2.37. The van der Waals surface area contributed by atoms with Crippen molar-refractivity contribution >= 4 is 11.4 Å². The first-order valence-electron chi connectivity index (χ1n) is 11.9. The fourth-order valence-corrected chi connectivity index (χ4v) is 4.70. The normalized spacial score (nSPS) is 15.6. The average Bonchev–Trinajstić information content (AvgIpc) is 2.95. The number of nitrogens with zero attached hydrogens (tertiary/aromatic N) is 2. The van der Waals surface area contributed by atoms with E-state index in [1.807, 2.05) is 60.7 Å². The van der Waals surface area contributed by atoms with E-state index in [2.05, 4.69) is 41.4 Å². The molecule has 0 radical (unpaired) electrons. The third-order valence-electron chi connectivity index (χ3n) is 6.40. The first kappa shape index (κ1) is 23.5. The fraction of sp³-hybridized carbons (Fsp3) is 0.167. The van der Waals surface area contributed by atoms with E-state index in [9.17, 15) is 10.1 Å². The molecule has 0 spiro atoms. The summed E-state index contributed by atoms with van der Waals surface area (Å²) in [7, 11) is 0. The number of rotatable bonds is 8. The molecule has 0 bridgehead atoms. The molecule has 0 fully saturated rings. The fourth-order valence-electron chi connectivity index (χ4n) is 4.70. The highest BCUT2D eigenvalue weighted by atomic mass is 16.6. The minimum atomic E-state index is -0.850. The van der Waals surface area contributed by atoms with E-state index in [1.165, 1.54) is 12.4 Å². The topological polar surface area (TPSA) is 74.5 Å². The summed E-state index contributed by atoms with van der Waals surface area (Å²) >= 11 is 0. The molecule has 0 unspecified atom stereocenters. The van der Waals surface area contributed by atoms with Gasteiger partial charge in [-0.1, -0.05) is 91.0 Å². The first-order valence-corrected chi connectivity index (χ1v) is 11.9. The summed E-state index contributed by atoms with van der Waals surface area (Å²) < 4.78 is 13.2. The summed E-state index contributed by atoms with van der Waals surface area (Å²) in [6, 6.07) is 32.1. The molecule has 4 aromatic rings. The van der Waals surface area contributed by atoms with Crippen molar-refractivity contribution in [3.63, 3.8) is 0 Å². The van der Waals surface area contributed by atoms with Crippen LogP contribution in [0.2, 0.25) is 0 Å². The number of aromatic nitrogens is 1. The van der Waals surface area contributed by atoms with Gasteiger partial charge in [-0.3, -0.25) is 15.1 Å². The van der Waals surface area contributed by atoms with Crippen LogP contribution in [0, 0.1) is 10.1 Å². The Morgan fingerprint density at radius 1 is 0.889 bits per heavy atom. The van der Waals surface area contributed by atoms with Crippen LogP contribution in [0.5, 0.6) is 0 Å². The highest BCUT2D eigenvalue weighted by Crippen LogP contribution is 2.41. The molecule has 6 heteroatoms. The molecule has 1 aliphatic heterocycles. The molecule has 2 heterocycles. The number of ether oxygens (including phenoxy) is 2. The zero-order valence-electron chi connectivity index (χ0n) is 19.7. The van der Waals surface area contributed by atoms with Crippen molar-refractivity contribution < 1.29 is 14.4 Å². The Kier molecular flexibility index (Phi) is 6.87. The first-order chi connectivity index (χ1) is 17.7. The zero-order valence-corrected chi connectivity index (χ0v) is 19.7. The Morgan fingerprint density at radius 2 is 1.44 bits per heavy atom. The molecular formula is C30H26N2O4. The minimum absolute atomic E-state index is 0.0717. The van der Waals surface area contributed by atoms with Crippen molar-refractivity contribution in [2.75, 3.05) is 6.61 Å². The number of hydrogen-bond donors (Lipinski definition) is 0. The van der Waals surface area contributed by atoms with Crippen molar-refractivity contribution in [3.8, 4) is 0 Å². The van der Waals surface area contributed by atoms with Crippen LogP contribution < -0.4 is 0 Å². The van der Waals surface area contributed by atoms with Gasteiger partial charge < -0.3 is 9.47 Å². The highest BCUT2D eigenvalue weighted by Gasteiger charge is 2.38. The van der Waals surface area contributed by atoms with Gasteiger partial charge >= 0.3 is 0 Å². The average molecular weight is 479 g/mol. The second-order valence-corrected chi connectivity index (χ2v) is 8.63. The minimum Gasteiger partial charge on any atom is -0.487 e. The standard InChI is InChI=1S/C30H26N2O4/c33-32(34)28-21-31-20-19-27(28)29-18-10-17-26(36-29)22-35-30(23-11-4-1-5-12-23,24-13-6-2-7-14-24)25-15-8-3-9-16-25/h1-9,11-16,18-21,26H,10,17,22H2/t26-/m1/s1. The second kappa shape index (κ2) is 10.5. The van der Waals surface area contributed by atoms with Gasteiger partial charge in [0.05, 0.1) is 17.1 Å². The third kappa shape index (κ3) is 4.63. The van der Waals surface area contributed by atoms with Gasteiger partial charge in [0, 0.05) is 6.20 Å². The number of hydrogen-bond acceptors (Lipinski definition) is 5. The van der Waals surface area contributed by atoms with Crippen LogP contribution in [0.15, 0.2) is 116 Å². The molecule has 0 saturated carbocycles. The Hall–Kier alpha value is -4.29. The summed E-state index contributed by atoms with van der Waals surface area (Å²) in [6.07, 6.45) is 5.91. The van der Waals surface area contributed by atoms with Gasteiger partial charge in [-0.2, -0.15) is 0 Å². The maximum Gasteiger partial charge on any atom is 0.298 e. The molecule has 36 heavy (non-hydrogen) atoms. The summed E-state index contributed by atoms with van der Waals surface area (Å²) in [5.74, 6) is 0.494. The van der Waals surface area contributed by atoms with Crippen LogP contribution in [-0.2, 0) is 15.1 Å². The zero-order chi connectivity index (χ0) is 24.8. The van der Waals surface area contributed by atoms with Crippen LogP contribution >= 0.6 is 0 Å². The Balaban J connectivity index is 1.49. The molecule has 5 rings (SSSR count). The van der Waals surface area contributed by atoms with Gasteiger partial charge in [0.1, 0.15) is 23.7 Å². The highest BCUT2D eigenvalue weighted by molar-refractivity contribution is 5.68. The molecule has 0 saturated heterocycles. The van der Waals surface area contributed by atoms with Crippen molar-refractivity contribution in [1.29, 1.82) is 0 Å². The van der Waals surface area contributed by atoms with E-state index in [0.29, 0.717) is 17.9 Å². The van der Waals surface area contributed by atoms with E-state index >= 15 is 0 Å². The third-order valence-corrected chi connectivity index (χ3v) is 6.40. The van der Waals surface area contributed by atoms with Gasteiger partial charge in [-0.25, -0.2) is 0 Å². The Labute approximate surface area is 210 Å². The number of pyridine rings is 1. The van der Waals surface area contributed by atoms with E-state index in [1.54, 1.807) is 6.07 Å². The number of allylic oxidation sites excluding steroid dienone is 1. The van der Waals surface area contributed by atoms with Crippen molar-refractivity contribution in [1.82, 2.24) is 4.98 Å². The number of benzene rings is 3. The van der Waals surface area contributed by atoms with E-state index < -0.39 is 10.5 Å². The predicted molar refractivity (Wildman–Crippen MR) is 138 cm³/mol. The predicted octanol–water partition coefficient (Wildman–Crippen LogP) is 6.52. The number of nitro groups is 1. The van der Waals surface area contributed by atoms with Crippen LogP contribution in [0.3, 0.4) is 0 Å². The summed E-state index contributed by atoms with van der Waals surface area (Å²) in [6.45, 7) is 0.301. The lowest BCUT2D eigenvalue weighted by atomic mass is 9.80. The van der Waals surface area contributed by atoms with E-state index in [-0.39, 0.29) is 11.8 Å². The second-order valence-electron chi connectivity index (χ2n) is 8.63.